The summed E-state index contributed by atoms with van der Waals surface area (Å²) in [4.78, 5) is 14.4. The van der Waals surface area contributed by atoms with Crippen LogP contribution in [0.1, 0.15) is 36.6 Å². The molecule has 0 unspecified atom stereocenters. The fourth-order valence-corrected chi connectivity index (χ4v) is 3.04. The van der Waals surface area contributed by atoms with E-state index in [2.05, 4.69) is 24.2 Å². The third-order valence-electron chi connectivity index (χ3n) is 4.38. The first-order valence-electron chi connectivity index (χ1n) is 8.66. The van der Waals surface area contributed by atoms with E-state index in [0.29, 0.717) is 19.4 Å². The van der Waals surface area contributed by atoms with Gasteiger partial charge in [-0.05, 0) is 42.2 Å². The lowest BCUT2D eigenvalue weighted by Gasteiger charge is -2.29. The Labute approximate surface area is 143 Å². The number of aryl methyl sites for hydroxylation is 2. The Hall–Kier alpha value is -2.30. The van der Waals surface area contributed by atoms with Gasteiger partial charge in [-0.1, -0.05) is 13.0 Å². The molecule has 1 aromatic carbocycles. The molecular weight excluding hydrogens is 302 g/mol. The molecule has 5 nitrogen and oxygen atoms in total. The van der Waals surface area contributed by atoms with Gasteiger partial charge < -0.3 is 9.64 Å². The second kappa shape index (κ2) is 7.51. The maximum atomic E-state index is 12.5. The number of hydrogen-bond donors (Lipinski definition) is 0. The van der Waals surface area contributed by atoms with Crippen LogP contribution in [0, 0.1) is 0 Å². The normalized spacial score (nSPS) is 13.7. The van der Waals surface area contributed by atoms with Crippen LogP contribution in [0.3, 0.4) is 0 Å². The van der Waals surface area contributed by atoms with Gasteiger partial charge in [-0.25, -0.2) is 0 Å². The second-order valence-electron chi connectivity index (χ2n) is 6.33. The molecule has 0 saturated heterocycles. The maximum absolute atomic E-state index is 12.5. The lowest BCUT2D eigenvalue weighted by Crippen LogP contribution is -2.36. The topological polar surface area (TPSA) is 47.4 Å². The zero-order valence-corrected chi connectivity index (χ0v) is 14.5. The molecule has 5 heteroatoms. The molecule has 1 amide bonds. The summed E-state index contributed by atoms with van der Waals surface area (Å²) in [5.41, 5.74) is 3.51. The summed E-state index contributed by atoms with van der Waals surface area (Å²) in [5, 5.41) is 4.33. The highest BCUT2D eigenvalue weighted by atomic mass is 16.5. The Bertz CT molecular complexity index is 708. The third kappa shape index (κ3) is 3.96. The van der Waals surface area contributed by atoms with Gasteiger partial charge in [0.1, 0.15) is 5.75 Å². The van der Waals surface area contributed by atoms with Crippen LogP contribution in [-0.2, 0) is 31.2 Å². The van der Waals surface area contributed by atoms with E-state index in [4.69, 9.17) is 4.74 Å². The van der Waals surface area contributed by atoms with Crippen molar-refractivity contribution in [2.75, 3.05) is 13.2 Å². The van der Waals surface area contributed by atoms with E-state index in [1.54, 1.807) is 4.68 Å². The van der Waals surface area contributed by atoms with E-state index in [1.165, 1.54) is 11.1 Å². The van der Waals surface area contributed by atoms with Gasteiger partial charge in [0.05, 0.1) is 12.3 Å². The standard InChI is InChI=1S/C19H25N3O2/c1-3-12-24-18-6-4-16-14-22(11-8-15(16)13-18)19(23)7-5-17-9-10-21(2)20-17/h4,6,9-10,13H,3,5,7-8,11-12,14H2,1-2H3. The number of nitrogens with zero attached hydrogens (tertiary/aromatic N) is 3. The minimum atomic E-state index is 0.206. The van der Waals surface area contributed by atoms with Crippen LogP contribution in [0.2, 0.25) is 0 Å². The van der Waals surface area contributed by atoms with Gasteiger partial charge in [-0.15, -0.1) is 0 Å². The molecule has 2 aromatic rings. The fourth-order valence-electron chi connectivity index (χ4n) is 3.04. The quantitative estimate of drug-likeness (QED) is 0.819. The highest BCUT2D eigenvalue weighted by Crippen LogP contribution is 2.24. The van der Waals surface area contributed by atoms with Gasteiger partial charge in [0.15, 0.2) is 0 Å². The van der Waals surface area contributed by atoms with Gasteiger partial charge in [-0.2, -0.15) is 5.10 Å². The number of hydrogen-bond acceptors (Lipinski definition) is 3. The number of fused-ring (bicyclic) bond motifs is 1. The number of benzene rings is 1. The van der Waals surface area contributed by atoms with E-state index in [-0.39, 0.29) is 5.91 Å². The second-order valence-corrected chi connectivity index (χ2v) is 6.33. The predicted molar refractivity (Wildman–Crippen MR) is 92.9 cm³/mol. The molecule has 0 N–H and O–H groups in total. The van der Waals surface area contributed by atoms with Crippen LogP contribution in [-0.4, -0.2) is 33.7 Å². The zero-order chi connectivity index (χ0) is 16.9. The SMILES string of the molecule is CCCOc1ccc2c(c1)CCN(C(=O)CCc1ccn(C)n1)C2. The Kier molecular flexibility index (Phi) is 5.18. The Morgan fingerprint density at radius 1 is 1.29 bits per heavy atom. The van der Waals surface area contributed by atoms with Crippen molar-refractivity contribution in [3.63, 3.8) is 0 Å². The van der Waals surface area contributed by atoms with Gasteiger partial charge >= 0.3 is 0 Å². The van der Waals surface area contributed by atoms with Crippen LogP contribution in [0.25, 0.3) is 0 Å². The molecule has 0 atom stereocenters. The third-order valence-corrected chi connectivity index (χ3v) is 4.38. The van der Waals surface area contributed by atoms with E-state index in [9.17, 15) is 4.79 Å². The van der Waals surface area contributed by atoms with Crippen LogP contribution in [0.5, 0.6) is 5.75 Å². The average molecular weight is 327 g/mol. The first-order valence-corrected chi connectivity index (χ1v) is 8.66. The van der Waals surface area contributed by atoms with Gasteiger partial charge in [0.2, 0.25) is 5.91 Å². The predicted octanol–water partition coefficient (Wildman–Crippen LogP) is 2.73. The Morgan fingerprint density at radius 2 is 2.17 bits per heavy atom. The number of aromatic nitrogens is 2. The largest absolute Gasteiger partial charge is 0.494 e. The highest BCUT2D eigenvalue weighted by molar-refractivity contribution is 5.76. The molecule has 24 heavy (non-hydrogen) atoms. The average Bonchev–Trinajstić information content (AvgIpc) is 3.02. The summed E-state index contributed by atoms with van der Waals surface area (Å²) in [6, 6.07) is 8.20. The van der Waals surface area contributed by atoms with Crippen LogP contribution >= 0.6 is 0 Å². The van der Waals surface area contributed by atoms with Crippen molar-refractivity contribution < 1.29 is 9.53 Å². The minimum absolute atomic E-state index is 0.206. The van der Waals surface area contributed by atoms with E-state index in [1.807, 2.05) is 30.3 Å². The molecule has 128 valence electrons. The summed E-state index contributed by atoms with van der Waals surface area (Å²) in [6.07, 6.45) is 5.04. The Morgan fingerprint density at radius 3 is 2.92 bits per heavy atom. The fraction of sp³-hybridized carbons (Fsp3) is 0.474. The van der Waals surface area contributed by atoms with Crippen molar-refractivity contribution in [1.29, 1.82) is 0 Å². The monoisotopic (exact) mass is 327 g/mol. The molecule has 3 rings (SSSR count). The van der Waals surface area contributed by atoms with Crippen LogP contribution in [0.4, 0.5) is 0 Å². The molecule has 2 heterocycles. The summed E-state index contributed by atoms with van der Waals surface area (Å²) in [5.74, 6) is 1.14. The highest BCUT2D eigenvalue weighted by Gasteiger charge is 2.21. The van der Waals surface area contributed by atoms with E-state index in [0.717, 1.165) is 37.4 Å². The van der Waals surface area contributed by atoms with E-state index >= 15 is 0 Å². The number of carbonyl (C=O) groups is 1. The summed E-state index contributed by atoms with van der Waals surface area (Å²) in [6.45, 7) is 4.33. The zero-order valence-electron chi connectivity index (χ0n) is 14.5. The number of rotatable bonds is 6. The molecule has 0 radical (unpaired) electrons. The number of amides is 1. The lowest BCUT2D eigenvalue weighted by molar-refractivity contribution is -0.132. The summed E-state index contributed by atoms with van der Waals surface area (Å²) < 4.78 is 7.47. The molecule has 0 bridgehead atoms. The first kappa shape index (κ1) is 16.6. The smallest absolute Gasteiger partial charge is 0.223 e. The van der Waals surface area contributed by atoms with Crippen LogP contribution < -0.4 is 4.74 Å². The number of ether oxygens (including phenoxy) is 1. The molecule has 0 aliphatic carbocycles. The summed E-state index contributed by atoms with van der Waals surface area (Å²) >= 11 is 0. The van der Waals surface area contributed by atoms with Crippen molar-refractivity contribution >= 4 is 5.91 Å². The molecule has 0 spiro atoms. The van der Waals surface area contributed by atoms with Crippen molar-refractivity contribution in [1.82, 2.24) is 14.7 Å². The molecule has 0 fully saturated rings. The first-order chi connectivity index (χ1) is 11.7. The van der Waals surface area contributed by atoms with Crippen molar-refractivity contribution in [3.05, 3.63) is 47.3 Å². The van der Waals surface area contributed by atoms with Crippen molar-refractivity contribution in [3.8, 4) is 5.75 Å². The minimum Gasteiger partial charge on any atom is -0.494 e. The maximum Gasteiger partial charge on any atom is 0.223 e. The Balaban J connectivity index is 1.57. The van der Waals surface area contributed by atoms with Gasteiger partial charge in [0, 0.05) is 39.2 Å². The van der Waals surface area contributed by atoms with Crippen molar-refractivity contribution in [2.45, 2.75) is 39.2 Å². The van der Waals surface area contributed by atoms with Crippen LogP contribution in [0.15, 0.2) is 30.5 Å². The van der Waals surface area contributed by atoms with Gasteiger partial charge in [-0.3, -0.25) is 9.48 Å². The molecule has 0 saturated carbocycles. The molecule has 1 aromatic heterocycles. The molecule has 1 aliphatic heterocycles. The van der Waals surface area contributed by atoms with E-state index < -0.39 is 0 Å². The van der Waals surface area contributed by atoms with Crippen molar-refractivity contribution in [2.24, 2.45) is 7.05 Å². The number of carbonyl (C=O) groups excluding carboxylic acids is 1. The van der Waals surface area contributed by atoms with Gasteiger partial charge in [0.25, 0.3) is 0 Å². The molecule has 1 aliphatic rings. The lowest BCUT2D eigenvalue weighted by atomic mass is 9.99. The summed E-state index contributed by atoms with van der Waals surface area (Å²) in [7, 11) is 1.89. The molecular formula is C19H25N3O2.